The topological polar surface area (TPSA) is 35.6 Å². The van der Waals surface area contributed by atoms with Gasteiger partial charge in [0, 0.05) is 49.2 Å². The molecule has 1 aliphatic carbocycles. The highest BCUT2D eigenvalue weighted by Crippen LogP contribution is 2.50. The SMILES string of the molecule is CC1(C)c2ccccc2-c2ccc(-c3nc4ccccc4nc3-c3ccc(-n4c5ccccc5c5cc6cc(-n7c8ccccc8c8ccccc87)ccc6cc54)c4ccccc34)cc21. The van der Waals surface area contributed by atoms with Gasteiger partial charge in [0.15, 0.2) is 0 Å². The number of benzene rings is 10. The maximum Gasteiger partial charge on any atom is 0.0979 e. The predicted molar refractivity (Wildman–Crippen MR) is 272 cm³/mol. The third kappa shape index (κ3) is 5.14. The van der Waals surface area contributed by atoms with E-state index in [0.29, 0.717) is 0 Å². The molecule has 14 rings (SSSR count). The molecule has 0 radical (unpaired) electrons. The van der Waals surface area contributed by atoms with E-state index >= 15 is 0 Å². The molecule has 0 saturated heterocycles. The standard InChI is InChI=1S/C61H40N4/c1-61(2)50-21-9-5-16-42(50)43-30-28-38(35-51(43)61)59-60(63-53-23-11-10-22-52(53)62-59)48-31-32-57(44-17-4-3-15-41(44)48)65-56-26-14-8-20-47(56)49-34-39-33-40(29-27-37(39)36-58(49)65)64-54-24-12-6-18-45(54)46-19-7-13-25-55(46)64/h3-36H,1-2H3. The summed E-state index contributed by atoms with van der Waals surface area (Å²) >= 11 is 0. The molecule has 3 heterocycles. The number of hydrogen-bond acceptors (Lipinski definition) is 2. The first-order chi connectivity index (χ1) is 32.0. The van der Waals surface area contributed by atoms with Crippen LogP contribution in [0.1, 0.15) is 25.0 Å². The minimum Gasteiger partial charge on any atom is -0.309 e. The summed E-state index contributed by atoms with van der Waals surface area (Å²) in [5, 5.41) is 9.68. The lowest BCUT2D eigenvalue weighted by Crippen LogP contribution is -2.15. The zero-order chi connectivity index (χ0) is 43.0. The van der Waals surface area contributed by atoms with Gasteiger partial charge in [0.1, 0.15) is 0 Å². The Bertz CT molecular complexity index is 4110. The van der Waals surface area contributed by atoms with Crippen LogP contribution in [0.2, 0.25) is 0 Å². The summed E-state index contributed by atoms with van der Waals surface area (Å²) in [5.74, 6) is 0. The normalized spacial score (nSPS) is 13.2. The first kappa shape index (κ1) is 36.2. The molecule has 65 heavy (non-hydrogen) atoms. The summed E-state index contributed by atoms with van der Waals surface area (Å²) in [7, 11) is 0. The van der Waals surface area contributed by atoms with Crippen LogP contribution in [0.3, 0.4) is 0 Å². The Hall–Kier alpha value is -8.34. The molecule has 1 aliphatic rings. The van der Waals surface area contributed by atoms with Crippen molar-refractivity contribution in [2.45, 2.75) is 19.3 Å². The second kappa shape index (κ2) is 13.3. The fraction of sp³-hybridized carbons (Fsp3) is 0.0492. The van der Waals surface area contributed by atoms with Crippen LogP contribution >= 0.6 is 0 Å². The van der Waals surface area contributed by atoms with Gasteiger partial charge in [-0.25, -0.2) is 9.97 Å². The smallest absolute Gasteiger partial charge is 0.0979 e. The van der Waals surface area contributed by atoms with Crippen molar-refractivity contribution in [3.63, 3.8) is 0 Å². The van der Waals surface area contributed by atoms with Crippen molar-refractivity contribution in [1.29, 1.82) is 0 Å². The van der Waals surface area contributed by atoms with Crippen molar-refractivity contribution < 1.29 is 0 Å². The molecule has 4 nitrogen and oxygen atoms in total. The van der Waals surface area contributed by atoms with Crippen LogP contribution in [-0.2, 0) is 5.41 Å². The second-order valence-electron chi connectivity index (χ2n) is 18.1. The summed E-state index contributed by atoms with van der Waals surface area (Å²) in [6.45, 7) is 4.67. The van der Waals surface area contributed by atoms with Gasteiger partial charge in [0.2, 0.25) is 0 Å². The lowest BCUT2D eigenvalue weighted by atomic mass is 9.81. The number of para-hydroxylation sites is 5. The number of fused-ring (bicyclic) bond motifs is 12. The van der Waals surface area contributed by atoms with E-state index in [2.05, 4.69) is 217 Å². The average molecular weight is 829 g/mol. The molecular weight excluding hydrogens is 789 g/mol. The van der Waals surface area contributed by atoms with Gasteiger partial charge < -0.3 is 9.13 Å². The molecule has 0 amide bonds. The predicted octanol–water partition coefficient (Wildman–Crippen LogP) is 15.8. The Morgan fingerprint density at radius 2 is 0.923 bits per heavy atom. The van der Waals surface area contributed by atoms with Gasteiger partial charge in [-0.3, -0.25) is 0 Å². The third-order valence-corrected chi connectivity index (χ3v) is 14.3. The van der Waals surface area contributed by atoms with E-state index in [1.807, 2.05) is 12.1 Å². The van der Waals surface area contributed by atoms with Crippen molar-refractivity contribution in [3.8, 4) is 45.0 Å². The Morgan fingerprint density at radius 1 is 0.354 bits per heavy atom. The van der Waals surface area contributed by atoms with Crippen LogP contribution in [0.4, 0.5) is 0 Å². The van der Waals surface area contributed by atoms with Gasteiger partial charge in [-0.05, 0) is 111 Å². The molecule has 4 heteroatoms. The van der Waals surface area contributed by atoms with E-state index in [1.54, 1.807) is 0 Å². The lowest BCUT2D eigenvalue weighted by molar-refractivity contribution is 0.660. The van der Waals surface area contributed by atoms with Gasteiger partial charge >= 0.3 is 0 Å². The monoisotopic (exact) mass is 828 g/mol. The highest BCUT2D eigenvalue weighted by Gasteiger charge is 2.35. The fourth-order valence-corrected chi connectivity index (χ4v) is 11.2. The van der Waals surface area contributed by atoms with E-state index in [1.165, 1.54) is 76.6 Å². The highest BCUT2D eigenvalue weighted by atomic mass is 15.0. The summed E-state index contributed by atoms with van der Waals surface area (Å²) < 4.78 is 4.87. The Labute approximate surface area is 375 Å². The van der Waals surface area contributed by atoms with Gasteiger partial charge in [-0.1, -0.05) is 147 Å². The summed E-state index contributed by atoms with van der Waals surface area (Å²) in [4.78, 5) is 10.9. The van der Waals surface area contributed by atoms with E-state index < -0.39 is 0 Å². The number of hydrogen-bond donors (Lipinski definition) is 0. The fourth-order valence-electron chi connectivity index (χ4n) is 11.2. The molecule has 0 aliphatic heterocycles. The van der Waals surface area contributed by atoms with Gasteiger partial charge in [-0.15, -0.1) is 0 Å². The second-order valence-corrected chi connectivity index (χ2v) is 18.1. The van der Waals surface area contributed by atoms with Crippen molar-refractivity contribution >= 4 is 76.2 Å². The van der Waals surface area contributed by atoms with Crippen LogP contribution in [0.25, 0.3) is 121 Å². The zero-order valence-electron chi connectivity index (χ0n) is 35.9. The van der Waals surface area contributed by atoms with Crippen LogP contribution in [0.5, 0.6) is 0 Å². The van der Waals surface area contributed by atoms with Crippen molar-refractivity contribution in [1.82, 2.24) is 19.1 Å². The quantitative estimate of drug-likeness (QED) is 0.177. The first-order valence-electron chi connectivity index (χ1n) is 22.5. The van der Waals surface area contributed by atoms with Gasteiger partial charge in [0.25, 0.3) is 0 Å². The summed E-state index contributed by atoms with van der Waals surface area (Å²) in [5.41, 5.74) is 17.9. The van der Waals surface area contributed by atoms with Gasteiger partial charge in [0.05, 0.1) is 50.2 Å². The van der Waals surface area contributed by atoms with Crippen LogP contribution < -0.4 is 0 Å². The molecule has 304 valence electrons. The highest BCUT2D eigenvalue weighted by molar-refractivity contribution is 6.16. The van der Waals surface area contributed by atoms with E-state index in [9.17, 15) is 0 Å². The zero-order valence-corrected chi connectivity index (χ0v) is 35.9. The summed E-state index contributed by atoms with van der Waals surface area (Å²) in [6, 6.07) is 75.3. The molecule has 3 aromatic heterocycles. The molecule has 0 unspecified atom stereocenters. The molecule has 0 spiro atoms. The van der Waals surface area contributed by atoms with E-state index in [4.69, 9.17) is 9.97 Å². The molecular formula is C61H40N4. The lowest BCUT2D eigenvalue weighted by Gasteiger charge is -2.22. The average Bonchev–Trinajstić information content (AvgIpc) is 3.94. The van der Waals surface area contributed by atoms with Crippen molar-refractivity contribution in [2.75, 3.05) is 0 Å². The van der Waals surface area contributed by atoms with Crippen LogP contribution in [0, 0.1) is 0 Å². The van der Waals surface area contributed by atoms with Crippen LogP contribution in [0.15, 0.2) is 206 Å². The third-order valence-electron chi connectivity index (χ3n) is 14.3. The number of rotatable bonds is 4. The number of aromatic nitrogens is 4. The Balaban J connectivity index is 0.965. The largest absolute Gasteiger partial charge is 0.309 e. The summed E-state index contributed by atoms with van der Waals surface area (Å²) in [6.07, 6.45) is 0. The molecule has 13 aromatic rings. The molecule has 10 aromatic carbocycles. The van der Waals surface area contributed by atoms with E-state index in [0.717, 1.165) is 55.7 Å². The molecule has 0 atom stereocenters. The minimum absolute atomic E-state index is 0.136. The van der Waals surface area contributed by atoms with E-state index in [-0.39, 0.29) is 5.41 Å². The number of nitrogens with zero attached hydrogens (tertiary/aromatic N) is 4. The van der Waals surface area contributed by atoms with Crippen molar-refractivity contribution in [3.05, 3.63) is 217 Å². The molecule has 0 N–H and O–H groups in total. The molecule has 0 saturated carbocycles. The molecule has 0 bridgehead atoms. The maximum absolute atomic E-state index is 5.46. The van der Waals surface area contributed by atoms with Crippen molar-refractivity contribution in [2.24, 2.45) is 0 Å². The minimum atomic E-state index is -0.136. The maximum atomic E-state index is 5.46. The molecule has 0 fully saturated rings. The van der Waals surface area contributed by atoms with Crippen LogP contribution in [-0.4, -0.2) is 19.1 Å². The van der Waals surface area contributed by atoms with Gasteiger partial charge in [-0.2, -0.15) is 0 Å². The Kier molecular flexibility index (Phi) is 7.42. The first-order valence-corrected chi connectivity index (χ1v) is 22.5. The Morgan fingerprint density at radius 3 is 1.66 bits per heavy atom.